The monoisotopic (exact) mass is 252 g/mol. The summed E-state index contributed by atoms with van der Waals surface area (Å²) < 4.78 is 47.2. The van der Waals surface area contributed by atoms with Gasteiger partial charge in [-0.3, -0.25) is 0 Å². The second kappa shape index (κ2) is 4.08. The van der Waals surface area contributed by atoms with Gasteiger partial charge >= 0.3 is 0 Å². The normalized spacial score (nSPS) is 27.1. The van der Waals surface area contributed by atoms with Crippen LogP contribution < -0.4 is 4.72 Å². The lowest BCUT2D eigenvalue weighted by molar-refractivity contribution is 0.558. The molecule has 15 heavy (non-hydrogen) atoms. The molecule has 6 nitrogen and oxygen atoms in total. The predicted molar refractivity (Wildman–Crippen MR) is 54.2 cm³/mol. The maximum atomic E-state index is 11.4. The molecule has 1 aliphatic heterocycles. The van der Waals surface area contributed by atoms with Crippen LogP contribution in [0.4, 0.5) is 0 Å². The minimum Gasteiger partial charge on any atom is -0.229 e. The minimum absolute atomic E-state index is 0.00111. The van der Waals surface area contributed by atoms with Gasteiger partial charge in [-0.05, 0) is 13.3 Å². The molecule has 0 aromatic heterocycles. The molecule has 0 aliphatic carbocycles. The zero-order valence-electron chi connectivity index (χ0n) is 8.17. The van der Waals surface area contributed by atoms with Crippen molar-refractivity contribution in [1.29, 1.82) is 5.26 Å². The van der Waals surface area contributed by atoms with Crippen molar-refractivity contribution in [2.45, 2.75) is 24.6 Å². The molecule has 0 aromatic rings. The summed E-state index contributed by atoms with van der Waals surface area (Å²) in [6.07, 6.45) is 0.277. The molecular formula is C7H12N2O4S2. The number of nitrogens with zero attached hydrogens (tertiary/aromatic N) is 1. The predicted octanol–water partition coefficient (Wildman–Crippen LogP) is -0.995. The lowest BCUT2D eigenvalue weighted by Gasteiger charge is -2.12. The number of rotatable bonds is 3. The summed E-state index contributed by atoms with van der Waals surface area (Å²) in [5.41, 5.74) is 0. The number of sulfonamides is 1. The van der Waals surface area contributed by atoms with Crippen LogP contribution in [-0.4, -0.2) is 39.6 Å². The van der Waals surface area contributed by atoms with Crippen LogP contribution in [0.15, 0.2) is 0 Å². The lowest BCUT2D eigenvalue weighted by atomic mass is 10.3. The van der Waals surface area contributed by atoms with E-state index in [-0.39, 0.29) is 17.9 Å². The fourth-order valence-corrected chi connectivity index (χ4v) is 4.08. The quantitative estimate of drug-likeness (QED) is 0.694. The first-order valence-electron chi connectivity index (χ1n) is 4.38. The van der Waals surface area contributed by atoms with Crippen molar-refractivity contribution in [1.82, 2.24) is 4.72 Å². The summed E-state index contributed by atoms with van der Waals surface area (Å²) in [4.78, 5) is 0. The molecule has 0 amide bonds. The van der Waals surface area contributed by atoms with E-state index in [1.807, 2.05) is 0 Å². The average Bonchev–Trinajstić information content (AvgIpc) is 2.43. The molecule has 2 unspecified atom stereocenters. The van der Waals surface area contributed by atoms with E-state index in [9.17, 15) is 16.8 Å². The number of nitrogens with one attached hydrogen (secondary N) is 1. The largest absolute Gasteiger partial charge is 0.229 e. The van der Waals surface area contributed by atoms with Crippen molar-refractivity contribution in [3.63, 3.8) is 0 Å². The molecule has 0 bridgehead atoms. The maximum Gasteiger partial charge on any atom is 0.227 e. The molecule has 0 spiro atoms. The molecule has 1 rings (SSSR count). The molecule has 1 fully saturated rings. The average molecular weight is 252 g/mol. The summed E-state index contributed by atoms with van der Waals surface area (Å²) in [6, 6.07) is 1.01. The van der Waals surface area contributed by atoms with Gasteiger partial charge in [0.25, 0.3) is 0 Å². The molecule has 0 aromatic carbocycles. The van der Waals surface area contributed by atoms with Crippen LogP contribution in [0, 0.1) is 11.3 Å². The van der Waals surface area contributed by atoms with E-state index in [0.29, 0.717) is 0 Å². The summed E-state index contributed by atoms with van der Waals surface area (Å²) in [6.45, 7) is 1.26. The molecule has 1 N–H and O–H groups in total. The van der Waals surface area contributed by atoms with Crippen LogP contribution in [0.25, 0.3) is 0 Å². The van der Waals surface area contributed by atoms with Gasteiger partial charge in [-0.1, -0.05) is 0 Å². The highest BCUT2D eigenvalue weighted by Gasteiger charge is 2.32. The van der Waals surface area contributed by atoms with Gasteiger partial charge in [0.05, 0.1) is 17.6 Å². The molecular weight excluding hydrogens is 240 g/mol. The van der Waals surface area contributed by atoms with Crippen LogP contribution in [-0.2, 0) is 19.9 Å². The highest BCUT2D eigenvalue weighted by atomic mass is 32.2. The van der Waals surface area contributed by atoms with Gasteiger partial charge in [-0.2, -0.15) is 5.26 Å². The molecule has 1 saturated heterocycles. The Bertz CT molecular complexity index is 474. The highest BCUT2D eigenvalue weighted by Crippen LogP contribution is 2.13. The summed E-state index contributed by atoms with van der Waals surface area (Å²) in [7, 11) is -6.83. The summed E-state index contributed by atoms with van der Waals surface area (Å²) in [5.74, 6) is -0.175. The van der Waals surface area contributed by atoms with E-state index >= 15 is 0 Å². The van der Waals surface area contributed by atoms with E-state index < -0.39 is 31.2 Å². The van der Waals surface area contributed by atoms with Gasteiger partial charge in [0, 0.05) is 6.04 Å². The third-order valence-electron chi connectivity index (χ3n) is 2.21. The van der Waals surface area contributed by atoms with Crippen molar-refractivity contribution >= 4 is 19.9 Å². The van der Waals surface area contributed by atoms with E-state index in [4.69, 9.17) is 5.26 Å². The van der Waals surface area contributed by atoms with Gasteiger partial charge in [0.2, 0.25) is 10.0 Å². The van der Waals surface area contributed by atoms with E-state index in [2.05, 4.69) is 4.72 Å². The van der Waals surface area contributed by atoms with Gasteiger partial charge in [0.1, 0.15) is 0 Å². The van der Waals surface area contributed by atoms with Crippen molar-refractivity contribution in [2.75, 3.05) is 11.5 Å². The smallest absolute Gasteiger partial charge is 0.227 e. The molecule has 1 aliphatic rings. The first-order valence-corrected chi connectivity index (χ1v) is 7.75. The van der Waals surface area contributed by atoms with Crippen molar-refractivity contribution in [3.8, 4) is 6.07 Å². The van der Waals surface area contributed by atoms with E-state index in [0.717, 1.165) is 0 Å². The zero-order chi connectivity index (χ0) is 11.7. The molecule has 1 heterocycles. The first kappa shape index (κ1) is 12.4. The Balaban J connectivity index is 2.70. The van der Waals surface area contributed by atoms with Crippen LogP contribution >= 0.6 is 0 Å². The number of hydrogen-bond donors (Lipinski definition) is 1. The molecule has 0 saturated carbocycles. The molecule has 8 heteroatoms. The van der Waals surface area contributed by atoms with Crippen molar-refractivity contribution in [3.05, 3.63) is 0 Å². The highest BCUT2D eigenvalue weighted by molar-refractivity contribution is 7.92. The Kier molecular flexibility index (Phi) is 3.38. The third kappa shape index (κ3) is 3.15. The first-order chi connectivity index (χ1) is 6.77. The SMILES string of the molecule is CC(C#N)S(=O)(=O)NC1CCS(=O)(=O)C1. The number of hydrogen-bond acceptors (Lipinski definition) is 5. The van der Waals surface area contributed by atoms with Crippen molar-refractivity contribution < 1.29 is 16.8 Å². The molecule has 0 radical (unpaired) electrons. The third-order valence-corrected chi connectivity index (χ3v) is 5.68. The lowest BCUT2D eigenvalue weighted by Crippen LogP contribution is -2.40. The standard InChI is InChI=1S/C7H12N2O4S2/c1-6(4-8)15(12,13)9-7-2-3-14(10,11)5-7/h6-7,9H,2-3,5H2,1H3. The Hall–Kier alpha value is -0.650. The topological polar surface area (TPSA) is 104 Å². The Morgan fingerprint density at radius 1 is 1.53 bits per heavy atom. The minimum atomic E-state index is -3.72. The van der Waals surface area contributed by atoms with Gasteiger partial charge in [0.15, 0.2) is 15.1 Å². The van der Waals surface area contributed by atoms with Crippen molar-refractivity contribution in [2.24, 2.45) is 0 Å². The van der Waals surface area contributed by atoms with Crippen LogP contribution in [0.3, 0.4) is 0 Å². The fraction of sp³-hybridized carbons (Fsp3) is 0.857. The van der Waals surface area contributed by atoms with Crippen LogP contribution in [0.1, 0.15) is 13.3 Å². The van der Waals surface area contributed by atoms with E-state index in [1.165, 1.54) is 6.92 Å². The van der Waals surface area contributed by atoms with Gasteiger partial charge in [-0.25, -0.2) is 21.6 Å². The summed E-state index contributed by atoms with van der Waals surface area (Å²) >= 11 is 0. The molecule has 2 atom stereocenters. The zero-order valence-corrected chi connectivity index (χ0v) is 9.81. The van der Waals surface area contributed by atoms with Gasteiger partial charge in [-0.15, -0.1) is 0 Å². The maximum absolute atomic E-state index is 11.4. The Labute approximate surface area is 89.3 Å². The Morgan fingerprint density at radius 3 is 2.53 bits per heavy atom. The summed E-state index contributed by atoms with van der Waals surface area (Å²) in [5, 5.41) is 7.29. The molecule has 86 valence electrons. The van der Waals surface area contributed by atoms with Crippen LogP contribution in [0.2, 0.25) is 0 Å². The second-order valence-corrected chi connectivity index (χ2v) is 7.80. The number of sulfone groups is 1. The Morgan fingerprint density at radius 2 is 2.13 bits per heavy atom. The van der Waals surface area contributed by atoms with Crippen LogP contribution in [0.5, 0.6) is 0 Å². The fourth-order valence-electron chi connectivity index (χ4n) is 1.29. The van der Waals surface area contributed by atoms with Gasteiger partial charge < -0.3 is 0 Å². The second-order valence-electron chi connectivity index (χ2n) is 3.53. The van der Waals surface area contributed by atoms with E-state index in [1.54, 1.807) is 6.07 Å². The number of nitriles is 1.